The van der Waals surface area contributed by atoms with E-state index in [4.69, 9.17) is 50.8 Å². The van der Waals surface area contributed by atoms with Crippen molar-refractivity contribution in [2.75, 3.05) is 0 Å². The largest absolute Gasteiger partial charge is 0.436 e. The van der Waals surface area contributed by atoms with E-state index in [9.17, 15) is 4.79 Å². The van der Waals surface area contributed by atoms with Crippen LogP contribution in [-0.4, -0.2) is 10.2 Å². The van der Waals surface area contributed by atoms with Crippen molar-refractivity contribution in [2.45, 2.75) is 0 Å². The molecule has 21 heavy (non-hydrogen) atoms. The fourth-order valence-corrected chi connectivity index (χ4v) is 2.68. The molecule has 0 aliphatic carbocycles. The second-order valence-corrected chi connectivity index (χ2v) is 5.79. The van der Waals surface area contributed by atoms with Gasteiger partial charge >= 0.3 is 0 Å². The summed E-state index contributed by atoms with van der Waals surface area (Å²) >= 11 is 23.5. The third-order valence-corrected chi connectivity index (χ3v) is 4.08. The normalized spacial score (nSPS) is 11.0. The summed E-state index contributed by atoms with van der Waals surface area (Å²) in [5.74, 6) is 0.263. The highest BCUT2D eigenvalue weighted by molar-refractivity contribution is 6.67. The molecule has 1 aromatic heterocycles. The van der Waals surface area contributed by atoms with Crippen molar-refractivity contribution in [1.82, 2.24) is 4.98 Å². The van der Waals surface area contributed by atoms with Gasteiger partial charge in [0, 0.05) is 10.6 Å². The predicted molar refractivity (Wildman–Crippen MR) is 84.7 cm³/mol. The lowest BCUT2D eigenvalue weighted by Crippen LogP contribution is -1.87. The Balaban J connectivity index is 2.20. The Labute approximate surface area is 139 Å². The number of carbonyl (C=O) groups excluding carboxylic acids is 1. The predicted octanol–water partition coefficient (Wildman–Crippen LogP) is 5.83. The molecule has 3 rings (SSSR count). The van der Waals surface area contributed by atoms with Crippen molar-refractivity contribution in [3.05, 3.63) is 51.0 Å². The van der Waals surface area contributed by atoms with Crippen LogP contribution in [0.4, 0.5) is 0 Å². The first-order chi connectivity index (χ1) is 9.95. The lowest BCUT2D eigenvalue weighted by atomic mass is 10.2. The molecule has 0 saturated heterocycles. The Bertz CT molecular complexity index is 873. The Morgan fingerprint density at radius 3 is 2.57 bits per heavy atom. The third-order valence-electron chi connectivity index (χ3n) is 2.84. The van der Waals surface area contributed by atoms with Crippen LogP contribution in [0.2, 0.25) is 15.1 Å². The number of fused-ring (bicyclic) bond motifs is 1. The average molecular weight is 361 g/mol. The summed E-state index contributed by atoms with van der Waals surface area (Å²) in [7, 11) is 0. The van der Waals surface area contributed by atoms with Crippen LogP contribution in [0.1, 0.15) is 10.4 Å². The van der Waals surface area contributed by atoms with E-state index in [0.29, 0.717) is 37.3 Å². The second kappa shape index (κ2) is 5.50. The molecular weight excluding hydrogens is 356 g/mol. The zero-order valence-electron chi connectivity index (χ0n) is 10.2. The quantitative estimate of drug-likeness (QED) is 0.426. The molecule has 0 spiro atoms. The lowest BCUT2D eigenvalue weighted by Gasteiger charge is -2.02. The van der Waals surface area contributed by atoms with Crippen LogP contribution in [0.15, 0.2) is 34.7 Å². The number of halogens is 4. The molecule has 0 aliphatic rings. The topological polar surface area (TPSA) is 43.1 Å². The molecule has 0 fully saturated rings. The van der Waals surface area contributed by atoms with Gasteiger partial charge < -0.3 is 4.42 Å². The first-order valence-electron chi connectivity index (χ1n) is 5.71. The first kappa shape index (κ1) is 14.7. The molecular formula is C14H5Cl4NO2. The van der Waals surface area contributed by atoms with Crippen LogP contribution in [0.25, 0.3) is 22.6 Å². The molecule has 106 valence electrons. The van der Waals surface area contributed by atoms with Crippen LogP contribution in [0.3, 0.4) is 0 Å². The average Bonchev–Trinajstić information content (AvgIpc) is 2.85. The molecule has 1 heterocycles. The highest BCUT2D eigenvalue weighted by Gasteiger charge is 2.16. The van der Waals surface area contributed by atoms with Crippen LogP contribution >= 0.6 is 46.4 Å². The first-order valence-corrected chi connectivity index (χ1v) is 7.22. The lowest BCUT2D eigenvalue weighted by molar-refractivity contribution is 0.108. The summed E-state index contributed by atoms with van der Waals surface area (Å²) in [5, 5.41) is 0.447. The number of oxazole rings is 1. The highest BCUT2D eigenvalue weighted by atomic mass is 35.5. The zero-order chi connectivity index (χ0) is 15.1. The Morgan fingerprint density at radius 1 is 1.10 bits per heavy atom. The van der Waals surface area contributed by atoms with Gasteiger partial charge in [-0.2, -0.15) is 0 Å². The Kier molecular flexibility index (Phi) is 3.84. The van der Waals surface area contributed by atoms with E-state index >= 15 is 0 Å². The van der Waals surface area contributed by atoms with E-state index in [1.807, 2.05) is 0 Å². The van der Waals surface area contributed by atoms with Crippen molar-refractivity contribution in [2.24, 2.45) is 0 Å². The molecule has 0 radical (unpaired) electrons. The fourth-order valence-electron chi connectivity index (χ4n) is 1.88. The van der Waals surface area contributed by atoms with Crippen molar-refractivity contribution in [3.63, 3.8) is 0 Å². The summed E-state index contributed by atoms with van der Waals surface area (Å²) in [6, 6.07) is 7.84. The van der Waals surface area contributed by atoms with E-state index in [0.717, 1.165) is 0 Å². The maximum absolute atomic E-state index is 11.2. The molecule has 0 atom stereocenters. The van der Waals surface area contributed by atoms with E-state index in [1.165, 1.54) is 12.1 Å². The van der Waals surface area contributed by atoms with E-state index in [2.05, 4.69) is 4.98 Å². The smallest absolute Gasteiger partial charge is 0.252 e. The minimum atomic E-state index is -0.565. The zero-order valence-corrected chi connectivity index (χ0v) is 13.2. The number of hydrogen-bond acceptors (Lipinski definition) is 3. The second-order valence-electron chi connectivity index (χ2n) is 4.22. The third kappa shape index (κ3) is 2.74. The molecule has 0 amide bonds. The summed E-state index contributed by atoms with van der Waals surface area (Å²) in [6.45, 7) is 0. The van der Waals surface area contributed by atoms with Gasteiger partial charge in [0.1, 0.15) is 5.52 Å². The maximum atomic E-state index is 11.2. The van der Waals surface area contributed by atoms with Crippen molar-refractivity contribution >= 4 is 62.7 Å². The molecule has 0 unspecified atom stereocenters. The van der Waals surface area contributed by atoms with Crippen LogP contribution in [0, 0.1) is 0 Å². The Morgan fingerprint density at radius 2 is 1.86 bits per heavy atom. The molecule has 0 bridgehead atoms. The standard InChI is InChI=1S/C14H5Cl4NO2/c15-7-4-8(12(17)9(16)5-7)14-19-10-3-6(13(18)20)1-2-11(10)21-14/h1-5H. The molecule has 3 nitrogen and oxygen atoms in total. The van der Waals surface area contributed by atoms with Gasteiger partial charge in [-0.1, -0.05) is 34.8 Å². The van der Waals surface area contributed by atoms with Crippen molar-refractivity contribution < 1.29 is 9.21 Å². The van der Waals surface area contributed by atoms with Gasteiger partial charge in [-0.25, -0.2) is 4.98 Å². The molecule has 2 aromatic carbocycles. The van der Waals surface area contributed by atoms with E-state index in [1.54, 1.807) is 18.2 Å². The summed E-state index contributed by atoms with van der Waals surface area (Å²) in [6.07, 6.45) is 0. The van der Waals surface area contributed by atoms with Crippen LogP contribution in [-0.2, 0) is 0 Å². The number of rotatable bonds is 2. The number of aromatic nitrogens is 1. The maximum Gasteiger partial charge on any atom is 0.252 e. The minimum Gasteiger partial charge on any atom is -0.436 e. The van der Waals surface area contributed by atoms with Gasteiger partial charge in [-0.3, -0.25) is 4.79 Å². The number of nitrogens with zero attached hydrogens (tertiary/aromatic N) is 1. The molecule has 0 saturated carbocycles. The SMILES string of the molecule is O=C(Cl)c1ccc2oc(-c3cc(Cl)cc(Cl)c3Cl)nc2c1. The Hall–Kier alpha value is -1.26. The van der Waals surface area contributed by atoms with Crippen molar-refractivity contribution in [1.29, 1.82) is 0 Å². The van der Waals surface area contributed by atoms with Gasteiger partial charge in [0.25, 0.3) is 5.24 Å². The van der Waals surface area contributed by atoms with Crippen LogP contribution in [0.5, 0.6) is 0 Å². The van der Waals surface area contributed by atoms with E-state index in [-0.39, 0.29) is 5.89 Å². The van der Waals surface area contributed by atoms with Gasteiger partial charge in [-0.15, -0.1) is 0 Å². The summed E-state index contributed by atoms with van der Waals surface area (Å²) in [5.41, 5.74) is 1.80. The number of hydrogen-bond donors (Lipinski definition) is 0. The fraction of sp³-hybridized carbons (Fsp3) is 0. The van der Waals surface area contributed by atoms with Gasteiger partial charge in [0.05, 0.1) is 15.6 Å². The molecule has 0 N–H and O–H groups in total. The molecule has 7 heteroatoms. The van der Waals surface area contributed by atoms with Crippen molar-refractivity contribution in [3.8, 4) is 11.5 Å². The van der Waals surface area contributed by atoms with Gasteiger partial charge in [0.2, 0.25) is 5.89 Å². The summed E-state index contributed by atoms with van der Waals surface area (Å²) < 4.78 is 5.61. The monoisotopic (exact) mass is 359 g/mol. The number of carbonyl (C=O) groups is 1. The van der Waals surface area contributed by atoms with E-state index < -0.39 is 5.24 Å². The summed E-state index contributed by atoms with van der Waals surface area (Å²) in [4.78, 5) is 15.5. The van der Waals surface area contributed by atoms with Crippen LogP contribution < -0.4 is 0 Å². The number of benzene rings is 2. The highest BCUT2D eigenvalue weighted by Crippen LogP contribution is 2.37. The molecule has 3 aromatic rings. The van der Waals surface area contributed by atoms with Gasteiger partial charge in [0.15, 0.2) is 5.58 Å². The minimum absolute atomic E-state index is 0.263. The van der Waals surface area contributed by atoms with Gasteiger partial charge in [-0.05, 0) is 41.9 Å². The molecule has 0 aliphatic heterocycles.